The maximum atomic E-state index is 12.6. The molecule has 0 spiro atoms. The maximum Gasteiger partial charge on any atom is 0.251 e. The lowest BCUT2D eigenvalue weighted by Gasteiger charge is -2.12. The number of hydrogen-bond acceptors (Lipinski definition) is 4. The van der Waals surface area contributed by atoms with Crippen molar-refractivity contribution < 1.29 is 19.0 Å². The molecule has 1 N–H and O–H groups in total. The lowest BCUT2D eigenvalue weighted by atomic mass is 10.1. The molecular formula is C24H24ClNO4. The maximum absolute atomic E-state index is 12.6. The van der Waals surface area contributed by atoms with Gasteiger partial charge in [0.25, 0.3) is 5.91 Å². The number of benzene rings is 3. The van der Waals surface area contributed by atoms with E-state index in [2.05, 4.69) is 5.32 Å². The van der Waals surface area contributed by atoms with Crippen molar-refractivity contribution in [1.82, 2.24) is 5.32 Å². The highest BCUT2D eigenvalue weighted by Crippen LogP contribution is 2.28. The van der Waals surface area contributed by atoms with E-state index in [1.165, 1.54) is 0 Å². The van der Waals surface area contributed by atoms with Crippen LogP contribution in [0, 0.1) is 0 Å². The number of carbonyl (C=O) groups is 1. The molecule has 0 aliphatic rings. The molecule has 0 saturated heterocycles. The third-order valence-electron chi connectivity index (χ3n) is 4.43. The summed E-state index contributed by atoms with van der Waals surface area (Å²) in [7, 11) is 1.60. The van der Waals surface area contributed by atoms with Gasteiger partial charge in [-0.1, -0.05) is 41.9 Å². The Morgan fingerprint density at radius 3 is 2.57 bits per heavy atom. The minimum absolute atomic E-state index is 0.188. The molecule has 5 nitrogen and oxygen atoms in total. The first-order chi connectivity index (χ1) is 14.6. The summed E-state index contributed by atoms with van der Waals surface area (Å²) in [6.07, 6.45) is 0. The second kappa shape index (κ2) is 10.6. The molecule has 3 aromatic rings. The van der Waals surface area contributed by atoms with Gasteiger partial charge in [-0.15, -0.1) is 0 Å². The van der Waals surface area contributed by atoms with Gasteiger partial charge in [-0.25, -0.2) is 0 Å². The summed E-state index contributed by atoms with van der Waals surface area (Å²) >= 11 is 6.16. The topological polar surface area (TPSA) is 56.8 Å². The molecule has 3 rings (SSSR count). The van der Waals surface area contributed by atoms with Crippen molar-refractivity contribution in [2.75, 3.05) is 13.7 Å². The highest BCUT2D eigenvalue weighted by Gasteiger charge is 2.10. The van der Waals surface area contributed by atoms with Gasteiger partial charge >= 0.3 is 0 Å². The Morgan fingerprint density at radius 1 is 0.967 bits per heavy atom. The van der Waals surface area contributed by atoms with Crippen molar-refractivity contribution in [2.24, 2.45) is 0 Å². The van der Waals surface area contributed by atoms with E-state index in [1.807, 2.05) is 55.5 Å². The average molecular weight is 426 g/mol. The number of amides is 1. The van der Waals surface area contributed by atoms with E-state index in [0.29, 0.717) is 47.6 Å². The molecule has 3 aromatic carbocycles. The van der Waals surface area contributed by atoms with Crippen LogP contribution in [0.5, 0.6) is 17.2 Å². The summed E-state index contributed by atoms with van der Waals surface area (Å²) in [5, 5.41) is 3.57. The second-order valence-electron chi connectivity index (χ2n) is 6.51. The molecule has 0 saturated carbocycles. The fourth-order valence-corrected chi connectivity index (χ4v) is 3.08. The van der Waals surface area contributed by atoms with Gasteiger partial charge in [0.2, 0.25) is 0 Å². The van der Waals surface area contributed by atoms with Crippen LogP contribution in [0.1, 0.15) is 28.4 Å². The summed E-state index contributed by atoms with van der Waals surface area (Å²) in [5.74, 6) is 1.73. The van der Waals surface area contributed by atoms with E-state index >= 15 is 0 Å². The molecule has 0 radical (unpaired) electrons. The third kappa shape index (κ3) is 5.67. The molecule has 0 fully saturated rings. The molecule has 1 amide bonds. The second-order valence-corrected chi connectivity index (χ2v) is 6.92. The van der Waals surface area contributed by atoms with Crippen LogP contribution in [0.2, 0.25) is 5.02 Å². The molecular weight excluding hydrogens is 402 g/mol. The van der Waals surface area contributed by atoms with Crippen molar-refractivity contribution >= 4 is 17.5 Å². The monoisotopic (exact) mass is 425 g/mol. The summed E-state index contributed by atoms with van der Waals surface area (Å²) in [6, 6.07) is 20.2. The zero-order valence-electron chi connectivity index (χ0n) is 17.0. The van der Waals surface area contributed by atoms with Gasteiger partial charge in [-0.3, -0.25) is 4.79 Å². The van der Waals surface area contributed by atoms with Crippen LogP contribution in [0.3, 0.4) is 0 Å². The van der Waals surface area contributed by atoms with Crippen molar-refractivity contribution in [3.63, 3.8) is 0 Å². The zero-order chi connectivity index (χ0) is 21.3. The Morgan fingerprint density at radius 2 is 1.80 bits per heavy atom. The van der Waals surface area contributed by atoms with Crippen LogP contribution in [-0.2, 0) is 13.2 Å². The smallest absolute Gasteiger partial charge is 0.251 e. The molecule has 156 valence electrons. The Hall–Kier alpha value is -3.18. The Labute approximate surface area is 181 Å². The highest BCUT2D eigenvalue weighted by atomic mass is 35.5. The fourth-order valence-electron chi connectivity index (χ4n) is 2.89. The van der Waals surface area contributed by atoms with E-state index in [-0.39, 0.29) is 5.91 Å². The van der Waals surface area contributed by atoms with E-state index in [4.69, 9.17) is 25.8 Å². The Balaban J connectivity index is 1.61. The molecule has 30 heavy (non-hydrogen) atoms. The SMILES string of the molecule is CCOc1cc(CNC(=O)c2cccc(OCc3ccccc3Cl)c2)ccc1OC. The predicted molar refractivity (Wildman–Crippen MR) is 118 cm³/mol. The molecule has 0 unspecified atom stereocenters. The first-order valence-corrected chi connectivity index (χ1v) is 10.0. The van der Waals surface area contributed by atoms with Crippen LogP contribution in [-0.4, -0.2) is 19.6 Å². The number of rotatable bonds is 9. The van der Waals surface area contributed by atoms with Crippen LogP contribution >= 0.6 is 11.6 Å². The van der Waals surface area contributed by atoms with Crippen LogP contribution in [0.4, 0.5) is 0 Å². The molecule has 0 atom stereocenters. The quantitative estimate of drug-likeness (QED) is 0.508. The van der Waals surface area contributed by atoms with Crippen molar-refractivity contribution in [3.05, 3.63) is 88.4 Å². The number of carbonyl (C=O) groups excluding carboxylic acids is 1. The first-order valence-electron chi connectivity index (χ1n) is 9.65. The molecule has 0 aliphatic heterocycles. The first kappa shape index (κ1) is 21.5. The molecule has 0 bridgehead atoms. The minimum Gasteiger partial charge on any atom is -0.493 e. The molecule has 6 heteroatoms. The Bertz CT molecular complexity index is 1010. The van der Waals surface area contributed by atoms with E-state index < -0.39 is 0 Å². The standard InChI is InChI=1S/C24H24ClNO4/c1-3-29-23-13-17(11-12-22(23)28-2)15-26-24(27)18-8-6-9-20(14-18)30-16-19-7-4-5-10-21(19)25/h4-14H,3,15-16H2,1-2H3,(H,26,27). The van der Waals surface area contributed by atoms with Gasteiger partial charge in [0.15, 0.2) is 11.5 Å². The number of hydrogen-bond donors (Lipinski definition) is 1. The van der Waals surface area contributed by atoms with E-state index in [9.17, 15) is 4.79 Å². The van der Waals surface area contributed by atoms with Crippen LogP contribution in [0.25, 0.3) is 0 Å². The van der Waals surface area contributed by atoms with Gasteiger partial charge in [0.1, 0.15) is 12.4 Å². The van der Waals surface area contributed by atoms with Crippen LogP contribution < -0.4 is 19.5 Å². The minimum atomic E-state index is -0.188. The lowest BCUT2D eigenvalue weighted by Crippen LogP contribution is -2.22. The number of ether oxygens (including phenoxy) is 3. The van der Waals surface area contributed by atoms with Crippen molar-refractivity contribution in [3.8, 4) is 17.2 Å². The molecule has 0 heterocycles. The lowest BCUT2D eigenvalue weighted by molar-refractivity contribution is 0.0950. The van der Waals surface area contributed by atoms with Gasteiger partial charge in [0, 0.05) is 22.7 Å². The average Bonchev–Trinajstić information content (AvgIpc) is 2.77. The summed E-state index contributed by atoms with van der Waals surface area (Å²) in [5.41, 5.74) is 2.32. The van der Waals surface area contributed by atoms with Gasteiger partial charge < -0.3 is 19.5 Å². The fraction of sp³-hybridized carbons (Fsp3) is 0.208. The third-order valence-corrected chi connectivity index (χ3v) is 4.80. The van der Waals surface area contributed by atoms with Crippen molar-refractivity contribution in [2.45, 2.75) is 20.1 Å². The van der Waals surface area contributed by atoms with E-state index in [1.54, 1.807) is 25.3 Å². The van der Waals surface area contributed by atoms with E-state index in [0.717, 1.165) is 11.1 Å². The largest absolute Gasteiger partial charge is 0.493 e. The van der Waals surface area contributed by atoms with Crippen LogP contribution in [0.15, 0.2) is 66.7 Å². The zero-order valence-corrected chi connectivity index (χ0v) is 17.7. The summed E-state index contributed by atoms with van der Waals surface area (Å²) in [4.78, 5) is 12.6. The van der Waals surface area contributed by atoms with Crippen molar-refractivity contribution in [1.29, 1.82) is 0 Å². The number of nitrogens with one attached hydrogen (secondary N) is 1. The normalized spacial score (nSPS) is 10.4. The molecule has 0 aromatic heterocycles. The Kier molecular flexibility index (Phi) is 7.57. The highest BCUT2D eigenvalue weighted by molar-refractivity contribution is 6.31. The summed E-state index contributed by atoms with van der Waals surface area (Å²) in [6.45, 7) is 3.15. The molecule has 0 aliphatic carbocycles. The van der Waals surface area contributed by atoms with Gasteiger partial charge in [-0.05, 0) is 48.9 Å². The predicted octanol–water partition coefficient (Wildman–Crippen LogP) is 5.26. The number of halogens is 1. The van der Waals surface area contributed by atoms with Gasteiger partial charge in [-0.2, -0.15) is 0 Å². The summed E-state index contributed by atoms with van der Waals surface area (Å²) < 4.78 is 16.7. The number of methoxy groups -OCH3 is 1. The van der Waals surface area contributed by atoms with Gasteiger partial charge in [0.05, 0.1) is 13.7 Å².